The van der Waals surface area contributed by atoms with Crippen molar-refractivity contribution in [2.75, 3.05) is 0 Å². The summed E-state index contributed by atoms with van der Waals surface area (Å²) in [5.41, 5.74) is 4.18. The van der Waals surface area contributed by atoms with Crippen LogP contribution in [-0.2, 0) is 6.54 Å². The van der Waals surface area contributed by atoms with E-state index in [1.54, 1.807) is 42.3 Å². The second-order valence-electron chi connectivity index (χ2n) is 9.99. The molecule has 1 fully saturated rings. The fourth-order valence-corrected chi connectivity index (χ4v) is 5.58. The van der Waals surface area contributed by atoms with Gasteiger partial charge in [0, 0.05) is 30.5 Å². The van der Waals surface area contributed by atoms with Crippen molar-refractivity contribution in [1.82, 2.24) is 29.4 Å². The maximum atomic E-state index is 13.8. The lowest BCUT2D eigenvalue weighted by Gasteiger charge is -2.29. The van der Waals surface area contributed by atoms with Gasteiger partial charge >= 0.3 is 5.69 Å². The molecule has 1 aliphatic carbocycles. The molecule has 1 amide bonds. The van der Waals surface area contributed by atoms with E-state index >= 15 is 0 Å². The van der Waals surface area contributed by atoms with Gasteiger partial charge in [-0.1, -0.05) is 23.7 Å². The zero-order chi connectivity index (χ0) is 26.9. The van der Waals surface area contributed by atoms with Crippen LogP contribution in [0.1, 0.15) is 41.7 Å². The van der Waals surface area contributed by atoms with E-state index in [1.807, 2.05) is 34.9 Å². The van der Waals surface area contributed by atoms with Gasteiger partial charge in [0.15, 0.2) is 12.2 Å². The number of benzene rings is 1. The van der Waals surface area contributed by atoms with Gasteiger partial charge in [-0.3, -0.25) is 23.9 Å². The van der Waals surface area contributed by atoms with Crippen LogP contribution in [0.3, 0.4) is 0 Å². The van der Waals surface area contributed by atoms with Crippen LogP contribution >= 0.6 is 11.6 Å². The van der Waals surface area contributed by atoms with E-state index in [-0.39, 0.29) is 17.6 Å². The third kappa shape index (κ3) is 4.97. The Morgan fingerprint density at radius 1 is 1.05 bits per heavy atom. The van der Waals surface area contributed by atoms with Crippen LogP contribution in [0.2, 0.25) is 5.02 Å². The van der Waals surface area contributed by atoms with Gasteiger partial charge in [0.1, 0.15) is 0 Å². The average molecular weight is 543 g/mol. The molecule has 4 heterocycles. The number of carbonyl (C=O) groups excluding carboxylic acids is 1. The number of carbonyl (C=O) groups is 1. The predicted molar refractivity (Wildman–Crippen MR) is 148 cm³/mol. The number of fused-ring (bicyclic) bond motifs is 1. The van der Waals surface area contributed by atoms with E-state index < -0.39 is 0 Å². The molecule has 39 heavy (non-hydrogen) atoms. The van der Waals surface area contributed by atoms with Gasteiger partial charge in [0.05, 0.1) is 45.4 Å². The number of nitrogens with one attached hydrogen (secondary N) is 1. The van der Waals surface area contributed by atoms with Gasteiger partial charge in [-0.25, -0.2) is 9.78 Å². The number of rotatable bonds is 6. The largest absolute Gasteiger partial charge is 0.443 e. The zero-order valence-corrected chi connectivity index (χ0v) is 22.1. The van der Waals surface area contributed by atoms with E-state index in [0.717, 1.165) is 42.3 Å². The molecular formula is C29H27ClN6O3. The van der Waals surface area contributed by atoms with Crippen LogP contribution < -0.4 is 11.0 Å². The number of hydrogen-bond acceptors (Lipinski definition) is 6. The number of halogens is 1. The van der Waals surface area contributed by atoms with Crippen molar-refractivity contribution in [2.45, 2.75) is 45.2 Å². The molecule has 0 unspecified atom stereocenters. The fourth-order valence-electron chi connectivity index (χ4n) is 5.43. The van der Waals surface area contributed by atoms with Gasteiger partial charge in [-0.15, -0.1) is 0 Å². The Morgan fingerprint density at radius 2 is 1.85 bits per heavy atom. The molecule has 0 radical (unpaired) electrons. The normalized spacial score (nSPS) is 17.4. The molecule has 198 valence electrons. The monoisotopic (exact) mass is 542 g/mol. The second-order valence-corrected chi connectivity index (χ2v) is 10.4. The van der Waals surface area contributed by atoms with Crippen LogP contribution in [0.15, 0.2) is 76.8 Å². The highest BCUT2D eigenvalue weighted by atomic mass is 35.5. The molecule has 0 saturated heterocycles. The summed E-state index contributed by atoms with van der Waals surface area (Å²) in [6.07, 6.45) is 11.4. The Hall–Kier alpha value is -4.24. The van der Waals surface area contributed by atoms with Gasteiger partial charge in [0.2, 0.25) is 0 Å². The first-order chi connectivity index (χ1) is 19.0. The van der Waals surface area contributed by atoms with Gasteiger partial charge in [-0.05, 0) is 62.8 Å². The standard InChI is InChI=1S/C29H27ClN6O3/c1-18-24(11-21(30)13-33-18)28(37)34-22-8-6-19(7-9-22)16-35-25-4-2-3-5-26(25)36(29(35)38)23-10-20(12-31-14-23)27-15-32-17-39-27/h2-5,10-15,17,19,22H,6-9,16H2,1H3,(H,34,37). The zero-order valence-electron chi connectivity index (χ0n) is 21.4. The number of hydrogen-bond donors (Lipinski definition) is 1. The van der Waals surface area contributed by atoms with Crippen molar-refractivity contribution in [3.8, 4) is 17.0 Å². The lowest BCUT2D eigenvalue weighted by atomic mass is 9.85. The maximum Gasteiger partial charge on any atom is 0.333 e. The van der Waals surface area contributed by atoms with Crippen molar-refractivity contribution < 1.29 is 9.21 Å². The van der Waals surface area contributed by atoms with E-state index in [0.29, 0.717) is 40.2 Å². The quantitative estimate of drug-likeness (QED) is 0.316. The first-order valence-electron chi connectivity index (χ1n) is 13.0. The number of pyridine rings is 2. The summed E-state index contributed by atoms with van der Waals surface area (Å²) in [5, 5.41) is 3.59. The minimum atomic E-state index is -0.147. The van der Waals surface area contributed by atoms with Gasteiger partial charge < -0.3 is 9.73 Å². The second kappa shape index (κ2) is 10.5. The van der Waals surface area contributed by atoms with Gasteiger partial charge in [-0.2, -0.15) is 0 Å². The van der Waals surface area contributed by atoms with Crippen LogP contribution in [0, 0.1) is 12.8 Å². The predicted octanol–water partition coefficient (Wildman–Crippen LogP) is 5.19. The molecule has 9 nitrogen and oxygen atoms in total. The maximum absolute atomic E-state index is 13.8. The molecule has 1 aromatic carbocycles. The highest BCUT2D eigenvalue weighted by molar-refractivity contribution is 6.30. The molecular weight excluding hydrogens is 516 g/mol. The topological polar surface area (TPSA) is 108 Å². The SMILES string of the molecule is Cc1ncc(Cl)cc1C(=O)NC1CCC(Cn2c(=O)n(-c3cncc(-c4cnco4)c3)c3ccccc32)CC1. The number of imidazole rings is 1. The summed E-state index contributed by atoms with van der Waals surface area (Å²) in [7, 11) is 0. The number of amides is 1. The number of aromatic nitrogens is 5. The Kier molecular flexibility index (Phi) is 6.74. The average Bonchev–Trinajstić information content (AvgIpc) is 3.58. The lowest BCUT2D eigenvalue weighted by Crippen LogP contribution is -2.39. The molecule has 10 heteroatoms. The van der Waals surface area contributed by atoms with Crippen molar-refractivity contribution >= 4 is 28.5 Å². The number of para-hydroxylation sites is 2. The van der Waals surface area contributed by atoms with Crippen molar-refractivity contribution in [3.05, 3.63) is 94.3 Å². The first kappa shape index (κ1) is 25.1. The van der Waals surface area contributed by atoms with E-state index in [9.17, 15) is 9.59 Å². The fraction of sp³-hybridized carbons (Fsp3) is 0.276. The molecule has 1 N–H and O–H groups in total. The van der Waals surface area contributed by atoms with Crippen molar-refractivity contribution in [1.29, 1.82) is 0 Å². The Balaban J connectivity index is 1.20. The number of nitrogens with zero attached hydrogens (tertiary/aromatic N) is 5. The molecule has 1 aliphatic rings. The smallest absolute Gasteiger partial charge is 0.333 e. The molecule has 5 aromatic rings. The van der Waals surface area contributed by atoms with Crippen LogP contribution in [-0.4, -0.2) is 36.0 Å². The summed E-state index contributed by atoms with van der Waals surface area (Å²) < 4.78 is 8.99. The molecule has 0 aliphatic heterocycles. The number of oxazole rings is 1. The third-order valence-corrected chi connectivity index (χ3v) is 7.66. The summed E-state index contributed by atoms with van der Waals surface area (Å²) in [6.45, 7) is 2.41. The van der Waals surface area contributed by atoms with Crippen molar-refractivity contribution in [2.24, 2.45) is 5.92 Å². The first-order valence-corrected chi connectivity index (χ1v) is 13.3. The summed E-state index contributed by atoms with van der Waals surface area (Å²) in [4.78, 5) is 39.1. The van der Waals surface area contributed by atoms with Gasteiger partial charge in [0.25, 0.3) is 5.91 Å². The number of aryl methyl sites for hydroxylation is 1. The Bertz CT molecular complexity index is 1700. The van der Waals surface area contributed by atoms with Crippen LogP contribution in [0.4, 0.5) is 0 Å². The molecule has 1 saturated carbocycles. The molecule has 6 rings (SSSR count). The van der Waals surface area contributed by atoms with Crippen LogP contribution in [0.5, 0.6) is 0 Å². The van der Waals surface area contributed by atoms with Crippen LogP contribution in [0.25, 0.3) is 28.0 Å². The molecule has 0 spiro atoms. The Labute approximate surface area is 229 Å². The van der Waals surface area contributed by atoms with E-state index in [4.69, 9.17) is 16.0 Å². The highest BCUT2D eigenvalue weighted by Crippen LogP contribution is 2.28. The molecule has 4 aromatic heterocycles. The summed E-state index contributed by atoms with van der Waals surface area (Å²) >= 11 is 6.04. The van der Waals surface area contributed by atoms with E-state index in [1.165, 1.54) is 6.39 Å². The Morgan fingerprint density at radius 3 is 2.62 bits per heavy atom. The molecule has 0 bridgehead atoms. The summed E-state index contributed by atoms with van der Waals surface area (Å²) in [6, 6.07) is 11.4. The minimum absolute atomic E-state index is 0.0788. The van der Waals surface area contributed by atoms with Crippen molar-refractivity contribution in [3.63, 3.8) is 0 Å². The molecule has 0 atom stereocenters. The minimum Gasteiger partial charge on any atom is -0.443 e. The highest BCUT2D eigenvalue weighted by Gasteiger charge is 2.26. The summed E-state index contributed by atoms with van der Waals surface area (Å²) in [5.74, 6) is 0.765. The lowest BCUT2D eigenvalue weighted by molar-refractivity contribution is 0.0919. The van der Waals surface area contributed by atoms with E-state index in [2.05, 4.69) is 20.3 Å². The third-order valence-electron chi connectivity index (χ3n) is 7.46.